The van der Waals surface area contributed by atoms with Crippen LogP contribution in [0.3, 0.4) is 0 Å². The Balaban J connectivity index is 1.81. The molecule has 0 bridgehead atoms. The Kier molecular flexibility index (Phi) is 8.89. The number of phenolic OH excluding ortho intramolecular Hbond substituents is 1. The van der Waals surface area contributed by atoms with Crippen molar-refractivity contribution in [1.29, 1.82) is 0 Å². The third-order valence-electron chi connectivity index (χ3n) is 6.64. The number of cyclic esters (lactones) is 1. The monoisotopic (exact) mass is 511 g/mol. The summed E-state index contributed by atoms with van der Waals surface area (Å²) >= 11 is 0. The number of phenols is 1. The first kappa shape index (κ1) is 27.0. The van der Waals surface area contributed by atoms with Crippen molar-refractivity contribution in [2.75, 3.05) is 0 Å². The number of aliphatic hydroxyl groups excluding tert-OH is 2. The molecule has 4 rings (SSSR count). The number of ether oxygens (including phenoxy) is 1. The summed E-state index contributed by atoms with van der Waals surface area (Å²) in [5, 5.41) is 31.7. The van der Waals surface area contributed by atoms with E-state index in [0.717, 1.165) is 11.1 Å². The molecule has 3 unspecified atom stereocenters. The molecule has 38 heavy (non-hydrogen) atoms. The van der Waals surface area contributed by atoms with Gasteiger partial charge in [-0.15, -0.1) is 0 Å². The van der Waals surface area contributed by atoms with Crippen LogP contribution in [0.2, 0.25) is 0 Å². The standard InChI is InChI=1S/C32H33NO5/c1-21-11-9-17-27(34)28(35)18-10-16-25-19-26(20-29(36)30(25)32(37)38-22(21)2)33-31(23-12-5-3-6-13-23)24-14-7-4-8-15-24/h3-16,19-22,27-28,34-36H,17-18H2,1-2H3/b11-9-,16-10+/t21-,22?,27?,28?/m1/s1. The van der Waals surface area contributed by atoms with E-state index < -0.39 is 24.3 Å². The normalized spacial score (nSPS) is 23.8. The largest absolute Gasteiger partial charge is 0.507 e. The topological polar surface area (TPSA) is 99.4 Å². The van der Waals surface area contributed by atoms with Crippen LogP contribution in [0.25, 0.3) is 6.08 Å². The molecule has 4 atom stereocenters. The first-order valence-electron chi connectivity index (χ1n) is 12.8. The molecule has 0 radical (unpaired) electrons. The fraction of sp³-hybridized carbons (Fsp3) is 0.250. The highest BCUT2D eigenvalue weighted by Crippen LogP contribution is 2.32. The second-order valence-electron chi connectivity index (χ2n) is 9.53. The second-order valence-corrected chi connectivity index (χ2v) is 9.53. The van der Waals surface area contributed by atoms with Crippen molar-refractivity contribution in [3.05, 3.63) is 113 Å². The van der Waals surface area contributed by atoms with Crippen molar-refractivity contribution in [2.24, 2.45) is 10.9 Å². The van der Waals surface area contributed by atoms with Crippen molar-refractivity contribution in [1.82, 2.24) is 0 Å². The van der Waals surface area contributed by atoms with Gasteiger partial charge in [0.15, 0.2) is 0 Å². The Labute approximate surface area is 223 Å². The summed E-state index contributed by atoms with van der Waals surface area (Å²) in [6.07, 6.45) is 5.04. The minimum Gasteiger partial charge on any atom is -0.507 e. The smallest absolute Gasteiger partial charge is 0.342 e. The highest BCUT2D eigenvalue weighted by Gasteiger charge is 2.23. The summed E-state index contributed by atoms with van der Waals surface area (Å²) in [7, 11) is 0. The lowest BCUT2D eigenvalue weighted by Crippen LogP contribution is -2.25. The molecule has 6 heteroatoms. The number of nitrogens with zero attached hydrogens (tertiary/aromatic N) is 1. The van der Waals surface area contributed by atoms with Crippen molar-refractivity contribution in [3.63, 3.8) is 0 Å². The number of carbonyl (C=O) groups excluding carboxylic acids is 1. The molecule has 3 aromatic rings. The molecular formula is C32H33NO5. The maximum atomic E-state index is 13.2. The molecule has 6 nitrogen and oxygen atoms in total. The van der Waals surface area contributed by atoms with Crippen molar-refractivity contribution in [2.45, 2.75) is 45.0 Å². The van der Waals surface area contributed by atoms with E-state index in [2.05, 4.69) is 0 Å². The molecule has 0 saturated carbocycles. The van der Waals surface area contributed by atoms with Gasteiger partial charge in [0.2, 0.25) is 0 Å². The van der Waals surface area contributed by atoms with Gasteiger partial charge in [-0.25, -0.2) is 9.79 Å². The van der Waals surface area contributed by atoms with Crippen molar-refractivity contribution in [3.8, 4) is 5.75 Å². The van der Waals surface area contributed by atoms with Gasteiger partial charge in [0.05, 0.1) is 23.6 Å². The highest BCUT2D eigenvalue weighted by atomic mass is 16.5. The van der Waals surface area contributed by atoms with Crippen LogP contribution in [-0.2, 0) is 4.74 Å². The van der Waals surface area contributed by atoms with E-state index >= 15 is 0 Å². The molecule has 1 heterocycles. The van der Waals surface area contributed by atoms with E-state index in [-0.39, 0.29) is 30.1 Å². The molecule has 0 aromatic heterocycles. The molecule has 0 saturated heterocycles. The number of rotatable bonds is 3. The number of aliphatic hydroxyl groups is 2. The summed E-state index contributed by atoms with van der Waals surface area (Å²) < 4.78 is 5.69. The lowest BCUT2D eigenvalue weighted by molar-refractivity contribution is 0.0227. The predicted molar refractivity (Wildman–Crippen MR) is 150 cm³/mol. The van der Waals surface area contributed by atoms with Gasteiger partial charge in [0, 0.05) is 23.1 Å². The number of benzene rings is 3. The molecule has 0 amide bonds. The zero-order chi connectivity index (χ0) is 27.1. The molecule has 3 aromatic carbocycles. The SMILES string of the molecule is CC1OC(=O)c2c(O)cc(N=C(c3ccccc3)c3ccccc3)cc2/C=C/CC(O)C(O)C/C=C\[C@H]1C. The van der Waals surface area contributed by atoms with Gasteiger partial charge in [-0.2, -0.15) is 0 Å². The molecule has 0 fully saturated rings. The Bertz CT molecular complexity index is 1290. The summed E-state index contributed by atoms with van der Waals surface area (Å²) in [6.45, 7) is 3.68. The minimum atomic E-state index is -0.973. The van der Waals surface area contributed by atoms with Crippen LogP contribution in [0.4, 0.5) is 5.69 Å². The molecule has 3 N–H and O–H groups in total. The van der Waals surface area contributed by atoms with E-state index in [1.54, 1.807) is 31.2 Å². The van der Waals surface area contributed by atoms with Crippen LogP contribution in [-0.4, -0.2) is 45.3 Å². The molecule has 0 spiro atoms. The maximum absolute atomic E-state index is 13.2. The van der Waals surface area contributed by atoms with Crippen LogP contribution in [0.1, 0.15) is 53.7 Å². The summed E-state index contributed by atoms with van der Waals surface area (Å²) in [5.74, 6) is -1.02. The van der Waals surface area contributed by atoms with Gasteiger partial charge in [0.25, 0.3) is 0 Å². The molecule has 1 aliphatic rings. The van der Waals surface area contributed by atoms with Crippen LogP contribution in [0.15, 0.2) is 96.0 Å². The van der Waals surface area contributed by atoms with Gasteiger partial charge in [0.1, 0.15) is 17.4 Å². The Morgan fingerprint density at radius 3 is 2.05 bits per heavy atom. The molecule has 0 aliphatic carbocycles. The van der Waals surface area contributed by atoms with E-state index in [0.29, 0.717) is 17.0 Å². The second kappa shape index (κ2) is 12.5. The zero-order valence-electron chi connectivity index (χ0n) is 21.6. The van der Waals surface area contributed by atoms with Crippen molar-refractivity contribution >= 4 is 23.4 Å². The van der Waals surface area contributed by atoms with Gasteiger partial charge >= 0.3 is 5.97 Å². The number of aliphatic imine (C=N–C) groups is 1. The van der Waals surface area contributed by atoms with E-state index in [1.165, 1.54) is 6.07 Å². The van der Waals surface area contributed by atoms with E-state index in [9.17, 15) is 20.1 Å². The zero-order valence-corrected chi connectivity index (χ0v) is 21.6. The van der Waals surface area contributed by atoms with Gasteiger partial charge < -0.3 is 20.1 Å². The fourth-order valence-corrected chi connectivity index (χ4v) is 4.24. The first-order chi connectivity index (χ1) is 18.3. The number of hydrogen-bond acceptors (Lipinski definition) is 6. The third kappa shape index (κ3) is 6.65. The first-order valence-corrected chi connectivity index (χ1v) is 12.8. The summed E-state index contributed by atoms with van der Waals surface area (Å²) in [5.41, 5.74) is 3.40. The fourth-order valence-electron chi connectivity index (χ4n) is 4.24. The number of fused-ring (bicyclic) bond motifs is 1. The third-order valence-corrected chi connectivity index (χ3v) is 6.64. The lowest BCUT2D eigenvalue weighted by Gasteiger charge is -2.20. The van der Waals surface area contributed by atoms with Crippen LogP contribution >= 0.6 is 0 Å². The Morgan fingerprint density at radius 1 is 0.868 bits per heavy atom. The number of hydrogen-bond donors (Lipinski definition) is 3. The average Bonchev–Trinajstić information content (AvgIpc) is 2.91. The van der Waals surface area contributed by atoms with Gasteiger partial charge in [-0.1, -0.05) is 91.9 Å². The lowest BCUT2D eigenvalue weighted by atomic mass is 9.99. The summed E-state index contributed by atoms with van der Waals surface area (Å²) in [6, 6.07) is 22.6. The van der Waals surface area contributed by atoms with E-state index in [1.807, 2.05) is 73.7 Å². The van der Waals surface area contributed by atoms with Crippen molar-refractivity contribution < 1.29 is 24.9 Å². The average molecular weight is 512 g/mol. The minimum absolute atomic E-state index is 0.0244. The van der Waals surface area contributed by atoms with Gasteiger partial charge in [-0.05, 0) is 31.4 Å². The number of esters is 1. The van der Waals surface area contributed by atoms with Gasteiger partial charge in [-0.3, -0.25) is 0 Å². The van der Waals surface area contributed by atoms with Crippen LogP contribution in [0, 0.1) is 5.92 Å². The number of aromatic hydroxyl groups is 1. The summed E-state index contributed by atoms with van der Waals surface area (Å²) in [4.78, 5) is 18.1. The Morgan fingerprint density at radius 2 is 1.45 bits per heavy atom. The number of carbonyl (C=O) groups is 1. The highest BCUT2D eigenvalue weighted by molar-refractivity contribution is 6.14. The Hall–Kier alpha value is -4.00. The molecule has 196 valence electrons. The molecule has 1 aliphatic heterocycles. The maximum Gasteiger partial charge on any atom is 0.342 e. The van der Waals surface area contributed by atoms with Crippen LogP contribution < -0.4 is 0 Å². The van der Waals surface area contributed by atoms with E-state index in [4.69, 9.17) is 9.73 Å². The molecular weight excluding hydrogens is 478 g/mol. The quantitative estimate of drug-likeness (QED) is 0.234. The predicted octanol–water partition coefficient (Wildman–Crippen LogP) is 5.83. The van der Waals surface area contributed by atoms with Crippen LogP contribution in [0.5, 0.6) is 5.75 Å².